The Labute approximate surface area is 205 Å². The lowest BCUT2D eigenvalue weighted by Crippen LogP contribution is -2.61. The van der Waals surface area contributed by atoms with Gasteiger partial charge in [-0.2, -0.15) is 0 Å². The highest BCUT2D eigenvalue weighted by molar-refractivity contribution is 5.89. The minimum Gasteiger partial charge on any atom is -0.468 e. The molecule has 16 nitrogen and oxygen atoms in total. The third-order valence-electron chi connectivity index (χ3n) is 6.12. The van der Waals surface area contributed by atoms with Gasteiger partial charge in [0, 0.05) is 6.42 Å². The van der Waals surface area contributed by atoms with Gasteiger partial charge in [0.05, 0.1) is 39.0 Å². The summed E-state index contributed by atoms with van der Waals surface area (Å²) in [6.45, 7) is -1.99. The highest BCUT2D eigenvalue weighted by Crippen LogP contribution is 2.25. The Kier molecular flexibility index (Phi) is 11.4. The summed E-state index contributed by atoms with van der Waals surface area (Å²) in [4.78, 5) is 36.8. The Bertz CT molecular complexity index is 752. The van der Waals surface area contributed by atoms with Crippen LogP contribution in [0.5, 0.6) is 0 Å². The first kappa shape index (κ1) is 30.2. The summed E-state index contributed by atoms with van der Waals surface area (Å²) in [5.74, 6) is -2.62. The monoisotopic (exact) mass is 526 g/mol. The predicted molar refractivity (Wildman–Crippen MR) is 114 cm³/mol. The normalized spacial score (nSPS) is 37.6. The summed E-state index contributed by atoms with van der Waals surface area (Å²) in [7, 11) is 1.09. The lowest BCUT2D eigenvalue weighted by atomic mass is 9.91. The van der Waals surface area contributed by atoms with Gasteiger partial charge in [0.2, 0.25) is 11.8 Å². The molecule has 0 aromatic rings. The molecular formula is C20H34N2O14. The van der Waals surface area contributed by atoms with E-state index in [9.17, 15) is 55.2 Å². The molecule has 0 bridgehead atoms. The van der Waals surface area contributed by atoms with Crippen molar-refractivity contribution < 1.29 is 69.4 Å². The Balaban J connectivity index is 2.14. The van der Waals surface area contributed by atoms with Crippen LogP contribution in [-0.2, 0) is 28.6 Å². The van der Waals surface area contributed by atoms with Crippen LogP contribution in [0.2, 0.25) is 0 Å². The molecule has 0 radical (unpaired) electrons. The van der Waals surface area contributed by atoms with Crippen molar-refractivity contribution in [1.29, 1.82) is 0 Å². The van der Waals surface area contributed by atoms with Crippen molar-refractivity contribution in [2.24, 2.45) is 0 Å². The second-order valence-electron chi connectivity index (χ2n) is 8.59. The molecule has 2 amide bonds. The molecule has 0 aromatic heterocycles. The number of amides is 2. The standard InChI is InChI=1S/C20H34N2O14/c1-34-13(26)4-21-20(33)7(2-8-14(27)18(31)16(29)10(5-23)35-8)22-12(25)3-9-15(28)19(32)17(30)11(6-24)36-9/h7-11,14-19,23-24,27-32H,2-6H2,1H3,(H,21,33)(H,22,25)/t7?,8-,9-,10+,11+,14-,15-,16-,17-,18+,19+/m0/s1. The van der Waals surface area contributed by atoms with Gasteiger partial charge < -0.3 is 65.7 Å². The van der Waals surface area contributed by atoms with Gasteiger partial charge in [-0.3, -0.25) is 14.4 Å². The maximum absolute atomic E-state index is 12.7. The van der Waals surface area contributed by atoms with Gasteiger partial charge in [-0.25, -0.2) is 0 Å². The van der Waals surface area contributed by atoms with Gasteiger partial charge >= 0.3 is 5.97 Å². The van der Waals surface area contributed by atoms with Crippen LogP contribution in [0.25, 0.3) is 0 Å². The molecule has 11 atom stereocenters. The number of nitrogens with one attached hydrogen (secondary N) is 2. The Morgan fingerprint density at radius 1 is 0.778 bits per heavy atom. The second-order valence-corrected chi connectivity index (χ2v) is 8.59. The molecule has 2 fully saturated rings. The molecular weight excluding hydrogens is 492 g/mol. The SMILES string of the molecule is COC(=O)CNC(=O)C(C[C@@H]1O[C@H](CO)[C@H](O)[C@H](O)[C@H]1O)NC(=O)C[C@@H]1O[C@H](CO)[C@H](O)[C@H](O)[C@H]1O. The first-order valence-electron chi connectivity index (χ1n) is 11.2. The van der Waals surface area contributed by atoms with Crippen molar-refractivity contribution >= 4 is 17.8 Å². The smallest absolute Gasteiger partial charge is 0.325 e. The van der Waals surface area contributed by atoms with E-state index >= 15 is 0 Å². The van der Waals surface area contributed by atoms with E-state index in [1.165, 1.54) is 0 Å². The molecule has 2 aliphatic rings. The molecule has 0 saturated carbocycles. The lowest BCUT2D eigenvalue weighted by Gasteiger charge is -2.41. The minimum absolute atomic E-state index is 0.477. The number of aliphatic hydroxyl groups is 8. The molecule has 2 rings (SSSR count). The molecule has 0 aromatic carbocycles. The lowest BCUT2D eigenvalue weighted by molar-refractivity contribution is -0.232. The first-order chi connectivity index (χ1) is 16.9. The fourth-order valence-electron chi connectivity index (χ4n) is 3.98. The van der Waals surface area contributed by atoms with E-state index in [4.69, 9.17) is 9.47 Å². The first-order valence-corrected chi connectivity index (χ1v) is 11.2. The molecule has 208 valence electrons. The van der Waals surface area contributed by atoms with E-state index < -0.39 is 117 Å². The van der Waals surface area contributed by atoms with E-state index in [1.807, 2.05) is 0 Å². The van der Waals surface area contributed by atoms with Crippen LogP contribution in [0.4, 0.5) is 0 Å². The van der Waals surface area contributed by atoms with Gasteiger partial charge in [0.15, 0.2) is 0 Å². The van der Waals surface area contributed by atoms with Gasteiger partial charge in [-0.05, 0) is 0 Å². The summed E-state index contributed by atoms with van der Waals surface area (Å²) in [5, 5.41) is 83.3. The van der Waals surface area contributed by atoms with Crippen molar-refractivity contribution in [1.82, 2.24) is 10.6 Å². The average Bonchev–Trinajstić information content (AvgIpc) is 2.86. The fraction of sp³-hybridized carbons (Fsp3) is 0.850. The quantitative estimate of drug-likeness (QED) is 0.119. The zero-order valence-corrected chi connectivity index (χ0v) is 19.4. The van der Waals surface area contributed by atoms with Crippen molar-refractivity contribution in [3.05, 3.63) is 0 Å². The molecule has 1 unspecified atom stereocenters. The number of carbonyl (C=O) groups is 3. The number of ether oxygens (including phenoxy) is 3. The second kappa shape index (κ2) is 13.5. The van der Waals surface area contributed by atoms with Crippen LogP contribution >= 0.6 is 0 Å². The highest BCUT2D eigenvalue weighted by Gasteiger charge is 2.46. The van der Waals surface area contributed by atoms with Crippen LogP contribution in [0.1, 0.15) is 12.8 Å². The van der Waals surface area contributed by atoms with Crippen molar-refractivity contribution in [2.75, 3.05) is 26.9 Å². The number of rotatable bonds is 10. The van der Waals surface area contributed by atoms with Gasteiger partial charge in [0.25, 0.3) is 0 Å². The minimum atomic E-state index is -1.73. The molecule has 36 heavy (non-hydrogen) atoms. The molecule has 0 spiro atoms. The maximum atomic E-state index is 12.7. The number of esters is 1. The summed E-state index contributed by atoms with van der Waals surface area (Å²) in [6, 6.07) is -1.49. The number of carbonyl (C=O) groups excluding carboxylic acids is 3. The van der Waals surface area contributed by atoms with E-state index in [1.54, 1.807) is 0 Å². The van der Waals surface area contributed by atoms with Crippen molar-refractivity contribution in [3.63, 3.8) is 0 Å². The highest BCUT2D eigenvalue weighted by atomic mass is 16.6. The van der Waals surface area contributed by atoms with Crippen molar-refractivity contribution in [3.8, 4) is 0 Å². The van der Waals surface area contributed by atoms with Crippen molar-refractivity contribution in [2.45, 2.75) is 79.9 Å². The zero-order valence-electron chi connectivity index (χ0n) is 19.4. The molecule has 0 aliphatic carbocycles. The number of hydrogen-bond acceptors (Lipinski definition) is 14. The van der Waals surface area contributed by atoms with Crippen LogP contribution < -0.4 is 10.6 Å². The summed E-state index contributed by atoms with van der Waals surface area (Å²) < 4.78 is 15.1. The van der Waals surface area contributed by atoms with E-state index in [0.29, 0.717) is 0 Å². The van der Waals surface area contributed by atoms with Gasteiger partial charge in [0.1, 0.15) is 61.4 Å². The van der Waals surface area contributed by atoms with E-state index in [-0.39, 0.29) is 0 Å². The number of methoxy groups -OCH3 is 1. The molecule has 16 heteroatoms. The maximum Gasteiger partial charge on any atom is 0.325 e. The Hall–Kier alpha value is -1.99. The third kappa shape index (κ3) is 7.28. The fourth-order valence-corrected chi connectivity index (χ4v) is 3.98. The van der Waals surface area contributed by atoms with Crippen LogP contribution in [0.15, 0.2) is 0 Å². The molecule has 2 heterocycles. The largest absolute Gasteiger partial charge is 0.468 e. The van der Waals surface area contributed by atoms with Crippen LogP contribution in [0, 0.1) is 0 Å². The average molecular weight is 526 g/mol. The Morgan fingerprint density at radius 2 is 1.25 bits per heavy atom. The molecule has 2 saturated heterocycles. The van der Waals surface area contributed by atoms with Crippen LogP contribution in [-0.4, -0.2) is 153 Å². The summed E-state index contributed by atoms with van der Waals surface area (Å²) >= 11 is 0. The predicted octanol–water partition coefficient (Wildman–Crippen LogP) is -6.77. The van der Waals surface area contributed by atoms with E-state index in [0.717, 1.165) is 7.11 Å². The molecule has 10 N–H and O–H groups in total. The summed E-state index contributed by atoms with van der Waals surface area (Å²) in [5.41, 5.74) is 0. The molecule has 2 aliphatic heterocycles. The van der Waals surface area contributed by atoms with Gasteiger partial charge in [-0.1, -0.05) is 0 Å². The summed E-state index contributed by atoms with van der Waals surface area (Å²) in [6.07, 6.45) is -16.5. The topological polar surface area (TPSA) is 265 Å². The number of aliphatic hydroxyl groups excluding tert-OH is 8. The zero-order chi connectivity index (χ0) is 27.2. The van der Waals surface area contributed by atoms with E-state index in [2.05, 4.69) is 15.4 Å². The van der Waals surface area contributed by atoms with Crippen LogP contribution in [0.3, 0.4) is 0 Å². The van der Waals surface area contributed by atoms with Gasteiger partial charge in [-0.15, -0.1) is 0 Å². The third-order valence-corrected chi connectivity index (χ3v) is 6.12. The Morgan fingerprint density at radius 3 is 1.75 bits per heavy atom. The number of hydrogen-bond donors (Lipinski definition) is 10.